The first-order chi connectivity index (χ1) is 7.54. The fraction of sp³-hybridized carbons (Fsp3) is 0.455. The van der Waals surface area contributed by atoms with Crippen molar-refractivity contribution in [2.75, 3.05) is 7.11 Å². The van der Waals surface area contributed by atoms with Gasteiger partial charge in [0.05, 0.1) is 19.4 Å². The summed E-state index contributed by atoms with van der Waals surface area (Å²) in [7, 11) is 1.22. The largest absolute Gasteiger partial charge is 0.489 e. The summed E-state index contributed by atoms with van der Waals surface area (Å²) in [5, 5.41) is 9.58. The molecule has 0 spiro atoms. The Balaban J connectivity index is 2.85. The lowest BCUT2D eigenvalue weighted by molar-refractivity contribution is -0.150. The number of nitrogens with zero attached hydrogens (tertiary/aromatic N) is 1. The van der Waals surface area contributed by atoms with E-state index in [1.807, 2.05) is 13.8 Å². The van der Waals surface area contributed by atoms with Crippen LogP contribution in [-0.4, -0.2) is 29.3 Å². The van der Waals surface area contributed by atoms with Gasteiger partial charge in [0, 0.05) is 11.8 Å². The number of aliphatic hydroxyl groups is 1. The Morgan fingerprint density at radius 2 is 2.12 bits per heavy atom. The summed E-state index contributed by atoms with van der Waals surface area (Å²) in [6.07, 6.45) is 1.60. The highest BCUT2D eigenvalue weighted by molar-refractivity contribution is 5.76. The molecule has 0 aromatic carbocycles. The molecule has 0 bridgehead atoms. The number of aliphatic hydroxyl groups excluding tert-OH is 1. The molecule has 16 heavy (non-hydrogen) atoms. The van der Waals surface area contributed by atoms with Gasteiger partial charge in [0.15, 0.2) is 6.10 Å². The van der Waals surface area contributed by atoms with Gasteiger partial charge in [-0.15, -0.1) is 0 Å². The van der Waals surface area contributed by atoms with E-state index in [0.717, 1.165) is 0 Å². The molecule has 0 saturated heterocycles. The summed E-state index contributed by atoms with van der Waals surface area (Å²) < 4.78 is 9.82. The number of carbonyl (C=O) groups is 1. The van der Waals surface area contributed by atoms with E-state index in [1.54, 1.807) is 6.07 Å². The number of pyridine rings is 1. The van der Waals surface area contributed by atoms with Crippen LogP contribution in [0, 0.1) is 0 Å². The Morgan fingerprint density at radius 3 is 2.69 bits per heavy atom. The fourth-order valence-electron chi connectivity index (χ4n) is 1.17. The maximum Gasteiger partial charge on any atom is 0.339 e. The number of aromatic nitrogens is 1. The second-order valence-corrected chi connectivity index (χ2v) is 3.55. The Bertz CT molecular complexity index is 365. The Kier molecular flexibility index (Phi) is 4.25. The van der Waals surface area contributed by atoms with Crippen molar-refractivity contribution in [1.29, 1.82) is 0 Å². The SMILES string of the molecule is COC(=O)C(O)c1cncc(OC(C)C)c1. The third kappa shape index (κ3) is 3.20. The molecule has 5 heteroatoms. The molecule has 1 N–H and O–H groups in total. The predicted molar refractivity (Wildman–Crippen MR) is 57.0 cm³/mol. The highest BCUT2D eigenvalue weighted by Gasteiger charge is 2.18. The monoisotopic (exact) mass is 225 g/mol. The van der Waals surface area contributed by atoms with Crippen LogP contribution < -0.4 is 4.74 Å². The van der Waals surface area contributed by atoms with Crippen molar-refractivity contribution in [2.24, 2.45) is 0 Å². The summed E-state index contributed by atoms with van der Waals surface area (Å²) in [6.45, 7) is 3.76. The van der Waals surface area contributed by atoms with Gasteiger partial charge < -0.3 is 14.6 Å². The van der Waals surface area contributed by atoms with Crippen molar-refractivity contribution in [3.05, 3.63) is 24.0 Å². The van der Waals surface area contributed by atoms with Gasteiger partial charge in [0.1, 0.15) is 5.75 Å². The molecule has 0 amide bonds. The lowest BCUT2D eigenvalue weighted by Gasteiger charge is -2.12. The van der Waals surface area contributed by atoms with Crippen molar-refractivity contribution >= 4 is 5.97 Å². The summed E-state index contributed by atoms with van der Waals surface area (Å²) in [5.41, 5.74) is 0.352. The van der Waals surface area contributed by atoms with E-state index in [9.17, 15) is 9.90 Å². The standard InChI is InChI=1S/C11H15NO4/c1-7(2)16-9-4-8(5-12-6-9)10(13)11(14)15-3/h4-7,10,13H,1-3H3. The zero-order chi connectivity index (χ0) is 12.1. The molecular weight excluding hydrogens is 210 g/mol. The number of ether oxygens (including phenoxy) is 2. The lowest BCUT2D eigenvalue weighted by Crippen LogP contribution is -2.14. The van der Waals surface area contributed by atoms with Gasteiger partial charge in [-0.05, 0) is 19.9 Å². The zero-order valence-electron chi connectivity index (χ0n) is 9.51. The average Bonchev–Trinajstić information content (AvgIpc) is 2.26. The maximum absolute atomic E-state index is 11.1. The van der Waals surface area contributed by atoms with Crippen molar-refractivity contribution in [2.45, 2.75) is 26.1 Å². The molecule has 1 unspecified atom stereocenters. The van der Waals surface area contributed by atoms with Crippen LogP contribution in [0.25, 0.3) is 0 Å². The smallest absolute Gasteiger partial charge is 0.339 e. The molecule has 88 valence electrons. The van der Waals surface area contributed by atoms with Crippen molar-refractivity contribution in [1.82, 2.24) is 4.98 Å². The van der Waals surface area contributed by atoms with E-state index in [4.69, 9.17) is 4.74 Å². The summed E-state index contributed by atoms with van der Waals surface area (Å²) in [5.74, 6) is -0.209. The summed E-state index contributed by atoms with van der Waals surface area (Å²) >= 11 is 0. The van der Waals surface area contributed by atoms with Gasteiger partial charge in [-0.3, -0.25) is 4.98 Å². The van der Waals surface area contributed by atoms with Gasteiger partial charge in [-0.1, -0.05) is 0 Å². The third-order valence-electron chi connectivity index (χ3n) is 1.85. The third-order valence-corrected chi connectivity index (χ3v) is 1.85. The second kappa shape index (κ2) is 5.46. The topological polar surface area (TPSA) is 68.7 Å². The summed E-state index contributed by atoms with van der Waals surface area (Å²) in [4.78, 5) is 15.0. The Hall–Kier alpha value is -1.62. The second-order valence-electron chi connectivity index (χ2n) is 3.55. The Labute approximate surface area is 94.0 Å². The van der Waals surface area contributed by atoms with Gasteiger partial charge in [0.2, 0.25) is 0 Å². The van der Waals surface area contributed by atoms with Crippen LogP contribution in [0.3, 0.4) is 0 Å². The first kappa shape index (κ1) is 12.4. The molecule has 0 saturated carbocycles. The predicted octanol–water partition coefficient (Wildman–Crippen LogP) is 1.08. The van der Waals surface area contributed by atoms with E-state index in [2.05, 4.69) is 9.72 Å². The zero-order valence-corrected chi connectivity index (χ0v) is 9.51. The summed E-state index contributed by atoms with van der Waals surface area (Å²) in [6, 6.07) is 1.56. The molecule has 0 radical (unpaired) electrons. The van der Waals surface area contributed by atoms with Crippen LogP contribution >= 0.6 is 0 Å². The molecule has 1 aromatic rings. The van der Waals surface area contributed by atoms with Crippen molar-refractivity contribution in [3.63, 3.8) is 0 Å². The molecule has 0 fully saturated rings. The normalized spacial score (nSPS) is 12.3. The number of hydrogen-bond donors (Lipinski definition) is 1. The van der Waals surface area contributed by atoms with Crippen LogP contribution in [-0.2, 0) is 9.53 Å². The van der Waals surface area contributed by atoms with E-state index < -0.39 is 12.1 Å². The van der Waals surface area contributed by atoms with E-state index in [1.165, 1.54) is 19.5 Å². The minimum Gasteiger partial charge on any atom is -0.489 e. The molecule has 0 aliphatic heterocycles. The van der Waals surface area contributed by atoms with E-state index in [-0.39, 0.29) is 6.10 Å². The van der Waals surface area contributed by atoms with Crippen molar-refractivity contribution < 1.29 is 19.4 Å². The highest BCUT2D eigenvalue weighted by atomic mass is 16.5. The van der Waals surface area contributed by atoms with Gasteiger partial charge in [0.25, 0.3) is 0 Å². The first-order valence-electron chi connectivity index (χ1n) is 4.92. The van der Waals surface area contributed by atoms with Gasteiger partial charge in [-0.25, -0.2) is 4.79 Å². The van der Waals surface area contributed by atoms with Gasteiger partial charge in [-0.2, -0.15) is 0 Å². The highest BCUT2D eigenvalue weighted by Crippen LogP contribution is 2.19. The van der Waals surface area contributed by atoms with E-state index >= 15 is 0 Å². The molecule has 0 aliphatic carbocycles. The molecule has 5 nitrogen and oxygen atoms in total. The number of carbonyl (C=O) groups excluding carboxylic acids is 1. The quantitative estimate of drug-likeness (QED) is 0.776. The minimum atomic E-state index is -1.33. The van der Waals surface area contributed by atoms with Crippen LogP contribution in [0.1, 0.15) is 25.5 Å². The van der Waals surface area contributed by atoms with Gasteiger partial charge >= 0.3 is 5.97 Å². The first-order valence-corrected chi connectivity index (χ1v) is 4.92. The maximum atomic E-state index is 11.1. The fourth-order valence-corrected chi connectivity index (χ4v) is 1.17. The molecule has 1 aromatic heterocycles. The van der Waals surface area contributed by atoms with Crippen LogP contribution in [0.4, 0.5) is 0 Å². The lowest BCUT2D eigenvalue weighted by atomic mass is 10.1. The minimum absolute atomic E-state index is 0.00678. The number of hydrogen-bond acceptors (Lipinski definition) is 5. The molecule has 1 heterocycles. The van der Waals surface area contributed by atoms with Crippen LogP contribution in [0.2, 0.25) is 0 Å². The van der Waals surface area contributed by atoms with Crippen molar-refractivity contribution in [3.8, 4) is 5.75 Å². The number of methoxy groups -OCH3 is 1. The number of esters is 1. The molecule has 1 rings (SSSR count). The van der Waals surface area contributed by atoms with E-state index in [0.29, 0.717) is 11.3 Å². The average molecular weight is 225 g/mol. The number of rotatable bonds is 4. The van der Waals surface area contributed by atoms with Crippen LogP contribution in [0.15, 0.2) is 18.5 Å². The van der Waals surface area contributed by atoms with Crippen LogP contribution in [0.5, 0.6) is 5.75 Å². The molecule has 0 aliphatic rings. The Morgan fingerprint density at radius 1 is 1.44 bits per heavy atom. The molecule has 1 atom stereocenters. The molecular formula is C11H15NO4.